The molecule has 0 bridgehead atoms. The van der Waals surface area contributed by atoms with Gasteiger partial charge in [0.15, 0.2) is 11.5 Å². The minimum atomic E-state index is 0.593. The second-order valence-corrected chi connectivity index (χ2v) is 6.22. The van der Waals surface area contributed by atoms with Crippen molar-refractivity contribution in [3.63, 3.8) is 0 Å². The van der Waals surface area contributed by atoms with E-state index in [-0.39, 0.29) is 0 Å². The number of hydrogen-bond acceptors (Lipinski definition) is 4. The van der Waals surface area contributed by atoms with E-state index in [9.17, 15) is 0 Å². The van der Waals surface area contributed by atoms with Crippen LogP contribution in [0.2, 0.25) is 0 Å². The molecule has 0 N–H and O–H groups in total. The van der Waals surface area contributed by atoms with Crippen LogP contribution in [0.3, 0.4) is 0 Å². The average molecular weight is 290 g/mol. The summed E-state index contributed by atoms with van der Waals surface area (Å²) in [5.74, 6) is 1.70. The van der Waals surface area contributed by atoms with Gasteiger partial charge in [-0.05, 0) is 32.4 Å². The maximum absolute atomic E-state index is 5.57. The summed E-state index contributed by atoms with van der Waals surface area (Å²) >= 11 is 0. The van der Waals surface area contributed by atoms with E-state index in [1.807, 2.05) is 12.1 Å². The lowest BCUT2D eigenvalue weighted by atomic mass is 10.1. The van der Waals surface area contributed by atoms with Gasteiger partial charge < -0.3 is 9.47 Å². The molecule has 21 heavy (non-hydrogen) atoms. The Hall–Kier alpha value is -1.26. The summed E-state index contributed by atoms with van der Waals surface area (Å²) in [4.78, 5) is 5.24. The van der Waals surface area contributed by atoms with E-state index < -0.39 is 0 Å². The smallest absolute Gasteiger partial charge is 0.165 e. The third-order valence-corrected chi connectivity index (χ3v) is 4.92. The summed E-state index contributed by atoms with van der Waals surface area (Å²) in [5, 5.41) is 0. The van der Waals surface area contributed by atoms with Crippen LogP contribution >= 0.6 is 0 Å². The van der Waals surface area contributed by atoms with Crippen LogP contribution in [0.1, 0.15) is 25.3 Å². The summed E-state index contributed by atoms with van der Waals surface area (Å²) in [5.41, 5.74) is 1.22. The monoisotopic (exact) mass is 290 g/mol. The zero-order chi connectivity index (χ0) is 14.8. The van der Waals surface area contributed by atoms with Crippen LogP contribution in [-0.4, -0.2) is 55.7 Å². The third kappa shape index (κ3) is 2.87. The predicted octanol–water partition coefficient (Wildman–Crippen LogP) is 2.37. The van der Waals surface area contributed by atoms with Gasteiger partial charge in [-0.25, -0.2) is 0 Å². The summed E-state index contributed by atoms with van der Waals surface area (Å²) in [6, 6.07) is 7.50. The molecule has 0 aromatic heterocycles. The van der Waals surface area contributed by atoms with E-state index in [2.05, 4.69) is 22.8 Å². The number of benzene rings is 1. The highest BCUT2D eigenvalue weighted by molar-refractivity contribution is 5.46. The van der Waals surface area contributed by atoms with Crippen LogP contribution in [0.5, 0.6) is 11.5 Å². The molecule has 2 fully saturated rings. The predicted molar refractivity (Wildman–Crippen MR) is 84.0 cm³/mol. The summed E-state index contributed by atoms with van der Waals surface area (Å²) in [6.07, 6.45) is 2.70. The first-order valence-corrected chi connectivity index (χ1v) is 7.91. The molecule has 4 heteroatoms. The molecule has 2 aliphatic rings. The Morgan fingerprint density at radius 1 is 1.19 bits per heavy atom. The Morgan fingerprint density at radius 2 is 2.05 bits per heavy atom. The summed E-state index contributed by atoms with van der Waals surface area (Å²) < 4.78 is 11.0. The Morgan fingerprint density at radius 3 is 2.81 bits per heavy atom. The molecular formula is C17H26N2O2. The number of piperazine rings is 1. The van der Waals surface area contributed by atoms with Crippen LogP contribution < -0.4 is 9.47 Å². The van der Waals surface area contributed by atoms with Gasteiger partial charge in [-0.2, -0.15) is 0 Å². The number of fused-ring (bicyclic) bond motifs is 1. The van der Waals surface area contributed by atoms with Gasteiger partial charge in [0.2, 0.25) is 0 Å². The Labute approximate surface area is 127 Å². The molecule has 2 saturated heterocycles. The van der Waals surface area contributed by atoms with Crippen molar-refractivity contribution in [1.29, 1.82) is 0 Å². The van der Waals surface area contributed by atoms with E-state index in [0.717, 1.165) is 24.1 Å². The highest BCUT2D eigenvalue weighted by Gasteiger charge is 2.34. The minimum Gasteiger partial charge on any atom is -0.493 e. The van der Waals surface area contributed by atoms with Crippen LogP contribution in [-0.2, 0) is 6.54 Å². The van der Waals surface area contributed by atoms with Crippen molar-refractivity contribution < 1.29 is 9.47 Å². The second kappa shape index (κ2) is 6.24. The first kappa shape index (κ1) is 14.7. The van der Waals surface area contributed by atoms with Crippen LogP contribution in [0.25, 0.3) is 0 Å². The van der Waals surface area contributed by atoms with Crippen LogP contribution in [0.4, 0.5) is 0 Å². The van der Waals surface area contributed by atoms with Gasteiger partial charge in [0, 0.05) is 37.3 Å². The van der Waals surface area contributed by atoms with E-state index in [1.165, 1.54) is 38.0 Å². The molecule has 0 aliphatic carbocycles. The van der Waals surface area contributed by atoms with Gasteiger partial charge in [-0.3, -0.25) is 9.80 Å². The molecule has 1 aromatic carbocycles. The van der Waals surface area contributed by atoms with Crippen molar-refractivity contribution >= 4 is 0 Å². The van der Waals surface area contributed by atoms with Crippen LogP contribution in [0.15, 0.2) is 18.2 Å². The van der Waals surface area contributed by atoms with Gasteiger partial charge in [0.25, 0.3) is 0 Å². The lowest BCUT2D eigenvalue weighted by Crippen LogP contribution is -2.54. The topological polar surface area (TPSA) is 24.9 Å². The maximum Gasteiger partial charge on any atom is 0.165 e. The number of para-hydroxylation sites is 1. The first-order valence-electron chi connectivity index (χ1n) is 7.91. The first-order chi connectivity index (χ1) is 10.2. The molecule has 3 rings (SSSR count). The summed E-state index contributed by atoms with van der Waals surface area (Å²) in [6.45, 7) is 6.91. The van der Waals surface area contributed by atoms with Gasteiger partial charge in [0.1, 0.15) is 0 Å². The zero-order valence-electron chi connectivity index (χ0n) is 13.3. The number of methoxy groups -OCH3 is 2. The van der Waals surface area contributed by atoms with Crippen molar-refractivity contribution in [1.82, 2.24) is 9.80 Å². The Balaban J connectivity index is 1.76. The van der Waals surface area contributed by atoms with Crippen molar-refractivity contribution in [2.24, 2.45) is 0 Å². The molecule has 0 spiro atoms. The van der Waals surface area contributed by atoms with Crippen molar-refractivity contribution in [2.45, 2.75) is 38.4 Å². The summed E-state index contributed by atoms with van der Waals surface area (Å²) in [7, 11) is 3.42. The highest BCUT2D eigenvalue weighted by Crippen LogP contribution is 2.33. The molecule has 0 amide bonds. The fourth-order valence-corrected chi connectivity index (χ4v) is 3.77. The molecule has 2 atom stereocenters. The normalized spacial score (nSPS) is 26.6. The molecular weight excluding hydrogens is 264 g/mol. The number of nitrogens with zero attached hydrogens (tertiary/aromatic N) is 2. The molecule has 1 aromatic rings. The van der Waals surface area contributed by atoms with Crippen molar-refractivity contribution in [3.8, 4) is 11.5 Å². The number of ether oxygens (including phenoxy) is 2. The molecule has 2 aliphatic heterocycles. The molecule has 2 heterocycles. The van der Waals surface area contributed by atoms with Crippen molar-refractivity contribution in [3.05, 3.63) is 23.8 Å². The third-order valence-electron chi connectivity index (χ3n) is 4.92. The number of hydrogen-bond donors (Lipinski definition) is 0. The highest BCUT2D eigenvalue weighted by atomic mass is 16.5. The lowest BCUT2D eigenvalue weighted by Gasteiger charge is -2.42. The molecule has 0 radical (unpaired) electrons. The van der Waals surface area contributed by atoms with E-state index in [4.69, 9.17) is 9.47 Å². The molecule has 4 nitrogen and oxygen atoms in total. The maximum atomic E-state index is 5.57. The molecule has 0 unspecified atom stereocenters. The van der Waals surface area contributed by atoms with E-state index >= 15 is 0 Å². The SMILES string of the molecule is COc1cccc(CN2C[C@@H]3CCCN3C[C@@H]2C)c1OC. The van der Waals surface area contributed by atoms with Gasteiger partial charge >= 0.3 is 0 Å². The van der Waals surface area contributed by atoms with Crippen molar-refractivity contribution in [2.75, 3.05) is 33.9 Å². The largest absolute Gasteiger partial charge is 0.493 e. The van der Waals surface area contributed by atoms with E-state index in [0.29, 0.717) is 6.04 Å². The second-order valence-electron chi connectivity index (χ2n) is 6.22. The average Bonchev–Trinajstić information content (AvgIpc) is 2.94. The van der Waals surface area contributed by atoms with Gasteiger partial charge in [-0.1, -0.05) is 12.1 Å². The fourth-order valence-electron chi connectivity index (χ4n) is 3.77. The van der Waals surface area contributed by atoms with Crippen LogP contribution in [0, 0.1) is 0 Å². The Kier molecular flexibility index (Phi) is 4.36. The number of rotatable bonds is 4. The quantitative estimate of drug-likeness (QED) is 0.850. The standard InChI is InChI=1S/C17H26N2O2/c1-13-10-18-9-5-7-15(18)12-19(13)11-14-6-4-8-16(20-2)17(14)21-3/h4,6,8,13,15H,5,7,9-12H2,1-3H3/t13-,15-/m0/s1. The molecule has 116 valence electrons. The Bertz CT molecular complexity index is 492. The fraction of sp³-hybridized carbons (Fsp3) is 0.647. The van der Waals surface area contributed by atoms with Gasteiger partial charge in [-0.15, -0.1) is 0 Å². The minimum absolute atomic E-state index is 0.593. The van der Waals surface area contributed by atoms with Gasteiger partial charge in [0.05, 0.1) is 14.2 Å². The van der Waals surface area contributed by atoms with E-state index in [1.54, 1.807) is 14.2 Å². The zero-order valence-corrected chi connectivity index (χ0v) is 13.3. The molecule has 0 saturated carbocycles. The lowest BCUT2D eigenvalue weighted by molar-refractivity contribution is 0.0534.